The Morgan fingerprint density at radius 2 is 1.83 bits per heavy atom. The molecule has 0 aromatic heterocycles. The van der Waals surface area contributed by atoms with Crippen LogP contribution in [0.1, 0.15) is 25.0 Å². The van der Waals surface area contributed by atoms with Crippen molar-refractivity contribution >= 4 is 5.69 Å². The number of rotatable bonds is 1. The SMILES string of the molecule is Cc1ccc(C(C)(C)N)cc1N. The number of nitrogen functional groups attached to an aromatic ring is 1. The standard InChI is InChI=1S/C10H16N2/c1-7-4-5-8(6-9(7)11)10(2,3)12/h4-6H,11-12H2,1-3H3. The summed E-state index contributed by atoms with van der Waals surface area (Å²) in [5, 5.41) is 0. The monoisotopic (exact) mass is 164 g/mol. The van der Waals surface area contributed by atoms with E-state index in [9.17, 15) is 0 Å². The van der Waals surface area contributed by atoms with Crippen molar-refractivity contribution in [2.24, 2.45) is 5.73 Å². The maximum Gasteiger partial charge on any atom is 0.0353 e. The molecule has 1 aromatic rings. The molecule has 66 valence electrons. The molecular formula is C10H16N2. The molecule has 0 saturated carbocycles. The van der Waals surface area contributed by atoms with Crippen LogP contribution in [0.3, 0.4) is 0 Å². The maximum absolute atomic E-state index is 5.92. The van der Waals surface area contributed by atoms with Crippen molar-refractivity contribution in [1.82, 2.24) is 0 Å². The predicted octanol–water partition coefficient (Wildman–Crippen LogP) is 1.77. The van der Waals surface area contributed by atoms with Gasteiger partial charge < -0.3 is 11.5 Å². The molecule has 0 aliphatic carbocycles. The predicted molar refractivity (Wildman–Crippen MR) is 52.8 cm³/mol. The van der Waals surface area contributed by atoms with Crippen LogP contribution in [0.2, 0.25) is 0 Å². The van der Waals surface area contributed by atoms with Crippen molar-refractivity contribution < 1.29 is 0 Å². The fourth-order valence-corrected chi connectivity index (χ4v) is 1.04. The second kappa shape index (κ2) is 2.79. The highest BCUT2D eigenvalue weighted by atomic mass is 14.7. The normalized spacial score (nSPS) is 11.7. The molecule has 2 nitrogen and oxygen atoms in total. The summed E-state index contributed by atoms with van der Waals surface area (Å²) in [4.78, 5) is 0. The van der Waals surface area contributed by atoms with Crippen molar-refractivity contribution in [1.29, 1.82) is 0 Å². The zero-order chi connectivity index (χ0) is 9.35. The lowest BCUT2D eigenvalue weighted by Crippen LogP contribution is -2.28. The molecule has 0 atom stereocenters. The quantitative estimate of drug-likeness (QED) is 0.621. The van der Waals surface area contributed by atoms with Gasteiger partial charge in [0.05, 0.1) is 0 Å². The van der Waals surface area contributed by atoms with Gasteiger partial charge in [0.15, 0.2) is 0 Å². The molecule has 0 aliphatic heterocycles. The van der Waals surface area contributed by atoms with Gasteiger partial charge in [0.25, 0.3) is 0 Å². The van der Waals surface area contributed by atoms with Crippen molar-refractivity contribution in [3.05, 3.63) is 29.3 Å². The van der Waals surface area contributed by atoms with Crippen LogP contribution in [0.5, 0.6) is 0 Å². The average Bonchev–Trinajstić information content (AvgIpc) is 1.92. The lowest BCUT2D eigenvalue weighted by molar-refractivity contribution is 0.554. The summed E-state index contributed by atoms with van der Waals surface area (Å²) in [6.45, 7) is 5.93. The van der Waals surface area contributed by atoms with Gasteiger partial charge >= 0.3 is 0 Å². The van der Waals surface area contributed by atoms with Crippen molar-refractivity contribution in [3.8, 4) is 0 Å². The lowest BCUT2D eigenvalue weighted by Gasteiger charge is -2.19. The first kappa shape index (κ1) is 9.07. The molecule has 2 heteroatoms. The molecule has 0 aliphatic rings. The van der Waals surface area contributed by atoms with Gasteiger partial charge in [-0.2, -0.15) is 0 Å². The third-order valence-corrected chi connectivity index (χ3v) is 2.02. The Hall–Kier alpha value is -1.02. The Balaban J connectivity index is 3.14. The second-order valence-corrected chi connectivity index (χ2v) is 3.79. The Morgan fingerprint density at radius 1 is 1.25 bits per heavy atom. The molecule has 0 heterocycles. The molecule has 1 aromatic carbocycles. The number of aryl methyl sites for hydroxylation is 1. The van der Waals surface area contributed by atoms with E-state index in [0.29, 0.717) is 0 Å². The van der Waals surface area contributed by atoms with Crippen molar-refractivity contribution in [3.63, 3.8) is 0 Å². The minimum Gasteiger partial charge on any atom is -0.399 e. The van der Waals surface area contributed by atoms with E-state index in [4.69, 9.17) is 11.5 Å². The third kappa shape index (κ3) is 1.77. The van der Waals surface area contributed by atoms with E-state index in [-0.39, 0.29) is 5.54 Å². The van der Waals surface area contributed by atoms with E-state index in [0.717, 1.165) is 16.8 Å². The van der Waals surface area contributed by atoms with Gasteiger partial charge in [-0.15, -0.1) is 0 Å². The summed E-state index contributed by atoms with van der Waals surface area (Å²) in [6, 6.07) is 5.96. The fourth-order valence-electron chi connectivity index (χ4n) is 1.04. The van der Waals surface area contributed by atoms with Crippen LogP contribution in [-0.4, -0.2) is 0 Å². The van der Waals surface area contributed by atoms with Crippen LogP contribution >= 0.6 is 0 Å². The highest BCUT2D eigenvalue weighted by Gasteiger charge is 2.13. The van der Waals surface area contributed by atoms with Gasteiger partial charge in [-0.05, 0) is 38.0 Å². The van der Waals surface area contributed by atoms with Crippen LogP contribution in [0.15, 0.2) is 18.2 Å². The van der Waals surface area contributed by atoms with Gasteiger partial charge in [0, 0.05) is 11.2 Å². The van der Waals surface area contributed by atoms with E-state index in [2.05, 4.69) is 0 Å². The largest absolute Gasteiger partial charge is 0.399 e. The van der Waals surface area contributed by atoms with Crippen molar-refractivity contribution in [2.45, 2.75) is 26.3 Å². The summed E-state index contributed by atoms with van der Waals surface area (Å²) in [7, 11) is 0. The highest BCUT2D eigenvalue weighted by molar-refractivity contribution is 5.49. The molecule has 0 saturated heterocycles. The molecular weight excluding hydrogens is 148 g/mol. The van der Waals surface area contributed by atoms with Crippen LogP contribution in [0, 0.1) is 6.92 Å². The van der Waals surface area contributed by atoms with Crippen LogP contribution < -0.4 is 11.5 Å². The molecule has 0 unspecified atom stereocenters. The van der Waals surface area contributed by atoms with E-state index < -0.39 is 0 Å². The number of hydrogen-bond donors (Lipinski definition) is 2. The number of hydrogen-bond acceptors (Lipinski definition) is 2. The molecule has 0 spiro atoms. The first-order valence-electron chi connectivity index (χ1n) is 4.07. The van der Waals surface area contributed by atoms with Gasteiger partial charge in [-0.1, -0.05) is 12.1 Å². The summed E-state index contributed by atoms with van der Waals surface area (Å²) in [5.74, 6) is 0. The molecule has 1 rings (SSSR count). The first-order valence-corrected chi connectivity index (χ1v) is 4.07. The fraction of sp³-hybridized carbons (Fsp3) is 0.400. The van der Waals surface area contributed by atoms with E-state index >= 15 is 0 Å². The third-order valence-electron chi connectivity index (χ3n) is 2.02. The smallest absolute Gasteiger partial charge is 0.0353 e. The first-order chi connectivity index (χ1) is 5.41. The van der Waals surface area contributed by atoms with Gasteiger partial charge in [0.2, 0.25) is 0 Å². The summed E-state index contributed by atoms with van der Waals surface area (Å²) >= 11 is 0. The molecule has 0 amide bonds. The van der Waals surface area contributed by atoms with Gasteiger partial charge in [-0.25, -0.2) is 0 Å². The zero-order valence-electron chi connectivity index (χ0n) is 7.89. The van der Waals surface area contributed by atoms with Crippen LogP contribution in [0.25, 0.3) is 0 Å². The van der Waals surface area contributed by atoms with Crippen LogP contribution in [-0.2, 0) is 5.54 Å². The summed E-state index contributed by atoms with van der Waals surface area (Å²) in [6.07, 6.45) is 0. The van der Waals surface area contributed by atoms with Gasteiger partial charge in [0.1, 0.15) is 0 Å². The van der Waals surface area contributed by atoms with E-state index in [1.165, 1.54) is 0 Å². The van der Waals surface area contributed by atoms with E-state index in [1.54, 1.807) is 0 Å². The second-order valence-electron chi connectivity index (χ2n) is 3.79. The number of anilines is 1. The van der Waals surface area contributed by atoms with Crippen LogP contribution in [0.4, 0.5) is 5.69 Å². The van der Waals surface area contributed by atoms with Crippen molar-refractivity contribution in [2.75, 3.05) is 5.73 Å². The zero-order valence-corrected chi connectivity index (χ0v) is 7.89. The summed E-state index contributed by atoms with van der Waals surface area (Å²) in [5.41, 5.74) is 14.4. The molecule has 0 radical (unpaired) electrons. The lowest BCUT2D eigenvalue weighted by atomic mass is 9.94. The Kier molecular flexibility index (Phi) is 2.11. The maximum atomic E-state index is 5.92. The minimum atomic E-state index is -0.304. The molecule has 0 fully saturated rings. The number of nitrogens with two attached hydrogens (primary N) is 2. The average molecular weight is 164 g/mol. The van der Waals surface area contributed by atoms with Gasteiger partial charge in [-0.3, -0.25) is 0 Å². The highest BCUT2D eigenvalue weighted by Crippen LogP contribution is 2.21. The van der Waals surface area contributed by atoms with E-state index in [1.807, 2.05) is 39.0 Å². The topological polar surface area (TPSA) is 52.0 Å². The Bertz CT molecular complexity index is 284. The number of benzene rings is 1. The summed E-state index contributed by atoms with van der Waals surface area (Å²) < 4.78 is 0. The Morgan fingerprint density at radius 3 is 2.25 bits per heavy atom. The molecule has 4 N–H and O–H groups in total. The molecule has 12 heavy (non-hydrogen) atoms. The Labute approximate surface area is 73.6 Å². The minimum absolute atomic E-state index is 0.304. The molecule has 0 bridgehead atoms.